The standard InChI is InChI=1S/C18H24N4OS.2ClH/c1-22(11-16-12-24-13-20-16)10-14-5-4-6-15(9-14)21-17(23)18(19)7-2-3-8-18;;/h4-6,9,12-13H,2-3,7-8,10-11,19H2,1H3,(H,21,23);2*1H. The molecule has 2 aromatic rings. The second-order valence-electron chi connectivity index (χ2n) is 6.67. The molecule has 1 heterocycles. The van der Waals surface area contributed by atoms with Crippen molar-refractivity contribution in [3.63, 3.8) is 0 Å². The number of nitrogens with zero attached hydrogens (tertiary/aromatic N) is 2. The van der Waals surface area contributed by atoms with Crippen LogP contribution in [-0.4, -0.2) is 28.4 Å². The molecule has 1 aliphatic rings. The minimum absolute atomic E-state index is 0. The molecule has 1 aliphatic carbocycles. The van der Waals surface area contributed by atoms with Crippen LogP contribution in [0.3, 0.4) is 0 Å². The van der Waals surface area contributed by atoms with Crippen molar-refractivity contribution < 1.29 is 4.79 Å². The molecule has 0 spiro atoms. The zero-order valence-electron chi connectivity index (χ0n) is 14.8. The summed E-state index contributed by atoms with van der Waals surface area (Å²) in [5.41, 5.74) is 10.4. The van der Waals surface area contributed by atoms with E-state index < -0.39 is 5.54 Å². The number of nitrogens with one attached hydrogen (secondary N) is 1. The molecule has 1 fully saturated rings. The van der Waals surface area contributed by atoms with Gasteiger partial charge in [-0.3, -0.25) is 9.69 Å². The minimum Gasteiger partial charge on any atom is -0.324 e. The normalized spacial score (nSPS) is 15.2. The van der Waals surface area contributed by atoms with Gasteiger partial charge in [-0.25, -0.2) is 4.98 Å². The molecule has 1 aromatic heterocycles. The van der Waals surface area contributed by atoms with Crippen LogP contribution >= 0.6 is 36.2 Å². The van der Waals surface area contributed by atoms with Crippen LogP contribution in [0.2, 0.25) is 0 Å². The van der Waals surface area contributed by atoms with Gasteiger partial charge in [-0.2, -0.15) is 0 Å². The van der Waals surface area contributed by atoms with Gasteiger partial charge in [-0.15, -0.1) is 36.2 Å². The van der Waals surface area contributed by atoms with Gasteiger partial charge in [0.25, 0.3) is 0 Å². The van der Waals surface area contributed by atoms with Crippen molar-refractivity contribution in [2.45, 2.75) is 44.3 Å². The third-order valence-corrected chi connectivity index (χ3v) is 5.14. The molecular formula is C18H26Cl2N4OS. The third-order valence-electron chi connectivity index (χ3n) is 4.50. The average molecular weight is 417 g/mol. The van der Waals surface area contributed by atoms with Gasteiger partial charge in [0.1, 0.15) is 0 Å². The molecule has 0 atom stereocenters. The van der Waals surface area contributed by atoms with Gasteiger partial charge in [0.2, 0.25) is 5.91 Å². The molecule has 0 radical (unpaired) electrons. The summed E-state index contributed by atoms with van der Waals surface area (Å²) in [5, 5.41) is 5.06. The van der Waals surface area contributed by atoms with Gasteiger partial charge in [0.15, 0.2) is 0 Å². The van der Waals surface area contributed by atoms with Gasteiger partial charge < -0.3 is 11.1 Å². The molecule has 1 saturated carbocycles. The molecule has 26 heavy (non-hydrogen) atoms. The number of amides is 1. The van der Waals surface area contributed by atoms with Crippen LogP contribution in [0.4, 0.5) is 5.69 Å². The van der Waals surface area contributed by atoms with Gasteiger partial charge in [0, 0.05) is 24.2 Å². The van der Waals surface area contributed by atoms with E-state index in [-0.39, 0.29) is 30.7 Å². The van der Waals surface area contributed by atoms with Gasteiger partial charge in [-0.05, 0) is 37.6 Å². The van der Waals surface area contributed by atoms with Gasteiger partial charge in [0.05, 0.1) is 16.7 Å². The largest absolute Gasteiger partial charge is 0.324 e. The Hall–Kier alpha value is -1.18. The summed E-state index contributed by atoms with van der Waals surface area (Å²) in [6.45, 7) is 1.61. The van der Waals surface area contributed by atoms with E-state index in [1.807, 2.05) is 23.7 Å². The minimum atomic E-state index is -0.697. The molecule has 144 valence electrons. The smallest absolute Gasteiger partial charge is 0.244 e. The number of halogens is 2. The van der Waals surface area contributed by atoms with Crippen LogP contribution in [0, 0.1) is 0 Å². The van der Waals surface area contributed by atoms with Crippen molar-refractivity contribution in [2.75, 3.05) is 12.4 Å². The van der Waals surface area contributed by atoms with E-state index in [0.717, 1.165) is 55.7 Å². The van der Waals surface area contributed by atoms with E-state index in [2.05, 4.69) is 33.7 Å². The first-order valence-electron chi connectivity index (χ1n) is 8.30. The molecule has 0 aliphatic heterocycles. The van der Waals surface area contributed by atoms with Crippen LogP contribution in [0.5, 0.6) is 0 Å². The Morgan fingerprint density at radius 2 is 2.04 bits per heavy atom. The van der Waals surface area contributed by atoms with Crippen molar-refractivity contribution >= 4 is 47.7 Å². The fourth-order valence-electron chi connectivity index (χ4n) is 3.20. The summed E-state index contributed by atoms with van der Waals surface area (Å²) in [6.07, 6.45) is 3.61. The number of hydrogen-bond acceptors (Lipinski definition) is 5. The monoisotopic (exact) mass is 416 g/mol. The van der Waals surface area contributed by atoms with E-state index in [0.29, 0.717) is 0 Å². The van der Waals surface area contributed by atoms with Crippen molar-refractivity contribution in [1.29, 1.82) is 0 Å². The second kappa shape index (κ2) is 10.2. The Labute approximate surface area is 171 Å². The van der Waals surface area contributed by atoms with E-state index in [1.54, 1.807) is 11.3 Å². The molecule has 1 amide bonds. The quantitative estimate of drug-likeness (QED) is 0.750. The van der Waals surface area contributed by atoms with Crippen molar-refractivity contribution in [3.8, 4) is 0 Å². The van der Waals surface area contributed by atoms with Crippen LogP contribution in [0.1, 0.15) is 36.9 Å². The predicted molar refractivity (Wildman–Crippen MR) is 112 cm³/mol. The molecule has 5 nitrogen and oxygen atoms in total. The van der Waals surface area contributed by atoms with E-state index in [9.17, 15) is 4.79 Å². The maximum Gasteiger partial charge on any atom is 0.244 e. The number of carbonyl (C=O) groups is 1. The summed E-state index contributed by atoms with van der Waals surface area (Å²) < 4.78 is 0. The molecule has 0 unspecified atom stereocenters. The zero-order valence-corrected chi connectivity index (χ0v) is 17.3. The van der Waals surface area contributed by atoms with Crippen molar-refractivity contribution in [3.05, 3.63) is 46.4 Å². The fourth-order valence-corrected chi connectivity index (χ4v) is 3.75. The van der Waals surface area contributed by atoms with Crippen LogP contribution in [-0.2, 0) is 17.9 Å². The molecule has 3 rings (SSSR count). The Balaban J connectivity index is 0.00000169. The van der Waals surface area contributed by atoms with E-state index >= 15 is 0 Å². The summed E-state index contributed by atoms with van der Waals surface area (Å²) in [5.74, 6) is -0.0621. The first-order valence-corrected chi connectivity index (χ1v) is 9.24. The van der Waals surface area contributed by atoms with Gasteiger partial charge >= 0.3 is 0 Å². The molecule has 8 heteroatoms. The highest BCUT2D eigenvalue weighted by Crippen LogP contribution is 2.28. The highest BCUT2D eigenvalue weighted by Gasteiger charge is 2.36. The molecule has 0 saturated heterocycles. The summed E-state index contributed by atoms with van der Waals surface area (Å²) in [6, 6.07) is 7.98. The van der Waals surface area contributed by atoms with E-state index in [4.69, 9.17) is 5.73 Å². The molecular weight excluding hydrogens is 391 g/mol. The average Bonchev–Trinajstić information content (AvgIpc) is 3.20. The maximum absolute atomic E-state index is 12.4. The number of hydrogen-bond donors (Lipinski definition) is 2. The summed E-state index contributed by atoms with van der Waals surface area (Å²) in [7, 11) is 2.07. The fraction of sp³-hybridized carbons (Fsp3) is 0.444. The number of carbonyl (C=O) groups excluding carboxylic acids is 1. The first kappa shape index (κ1) is 22.9. The molecule has 0 bridgehead atoms. The number of anilines is 1. The Morgan fingerprint density at radius 1 is 1.31 bits per heavy atom. The second-order valence-corrected chi connectivity index (χ2v) is 7.39. The maximum atomic E-state index is 12.4. The highest BCUT2D eigenvalue weighted by molar-refractivity contribution is 7.07. The van der Waals surface area contributed by atoms with Crippen molar-refractivity contribution in [1.82, 2.24) is 9.88 Å². The summed E-state index contributed by atoms with van der Waals surface area (Å²) in [4.78, 5) is 18.9. The lowest BCUT2D eigenvalue weighted by atomic mass is 9.98. The van der Waals surface area contributed by atoms with Crippen molar-refractivity contribution in [2.24, 2.45) is 5.73 Å². The first-order chi connectivity index (χ1) is 11.5. The SMILES string of the molecule is CN(Cc1cccc(NC(=O)C2(N)CCCC2)c1)Cc1cscn1.Cl.Cl. The third kappa shape index (κ3) is 5.93. The topological polar surface area (TPSA) is 71.2 Å². The zero-order chi connectivity index (χ0) is 17.0. The lowest BCUT2D eigenvalue weighted by Gasteiger charge is -2.22. The number of rotatable bonds is 6. The number of benzene rings is 1. The number of nitrogens with two attached hydrogens (primary N) is 1. The predicted octanol–water partition coefficient (Wildman–Crippen LogP) is 3.83. The number of thiazole rings is 1. The Morgan fingerprint density at radius 3 is 2.69 bits per heavy atom. The molecule has 1 aromatic carbocycles. The Kier molecular flexibility index (Phi) is 9.00. The van der Waals surface area contributed by atoms with Crippen LogP contribution < -0.4 is 11.1 Å². The molecule has 3 N–H and O–H groups in total. The van der Waals surface area contributed by atoms with Crippen LogP contribution in [0.15, 0.2) is 35.2 Å². The van der Waals surface area contributed by atoms with Gasteiger partial charge in [-0.1, -0.05) is 25.0 Å². The number of aromatic nitrogens is 1. The van der Waals surface area contributed by atoms with Crippen LogP contribution in [0.25, 0.3) is 0 Å². The van der Waals surface area contributed by atoms with E-state index in [1.165, 1.54) is 0 Å². The Bertz CT molecular complexity index is 690. The lowest BCUT2D eigenvalue weighted by molar-refractivity contribution is -0.121. The lowest BCUT2D eigenvalue weighted by Crippen LogP contribution is -2.48. The summed E-state index contributed by atoms with van der Waals surface area (Å²) >= 11 is 1.61. The highest BCUT2D eigenvalue weighted by atomic mass is 35.5.